The normalized spacial score (nSPS) is 26.3. The minimum Gasteiger partial charge on any atom is -0.365 e. The Morgan fingerprint density at radius 3 is 2.46 bits per heavy atom. The lowest BCUT2D eigenvalue weighted by Gasteiger charge is -2.31. The van der Waals surface area contributed by atoms with E-state index in [2.05, 4.69) is 11.6 Å². The van der Waals surface area contributed by atoms with Gasteiger partial charge in [-0.25, -0.2) is 13.1 Å². The molecule has 8 nitrogen and oxygen atoms in total. The van der Waals surface area contributed by atoms with E-state index in [1.807, 2.05) is 0 Å². The standard InChI is InChI=1S/C19H27N3O5S/c1-13-3-5-15(6-4-13)20-28(26,27)16-7-8-17(18(11-16)22(24)25)21-10-9-19(23)14(2)12-21/h7-8,11,13-15,20H,3-6,9-10,12H2,1-2H3. The zero-order valence-corrected chi connectivity index (χ0v) is 17.1. The molecule has 0 spiro atoms. The van der Waals surface area contributed by atoms with Crippen LogP contribution in [0.4, 0.5) is 11.4 Å². The second-order valence-corrected chi connectivity index (χ2v) is 9.76. The van der Waals surface area contributed by atoms with E-state index in [4.69, 9.17) is 0 Å². The van der Waals surface area contributed by atoms with Crippen molar-refractivity contribution in [3.63, 3.8) is 0 Å². The number of benzene rings is 1. The van der Waals surface area contributed by atoms with Crippen molar-refractivity contribution in [1.82, 2.24) is 4.72 Å². The van der Waals surface area contributed by atoms with Gasteiger partial charge in [-0.2, -0.15) is 0 Å². The highest BCUT2D eigenvalue weighted by Crippen LogP contribution is 2.33. The molecule has 1 aliphatic heterocycles. The van der Waals surface area contributed by atoms with Crippen molar-refractivity contribution in [2.24, 2.45) is 11.8 Å². The number of piperidine rings is 1. The number of nitro benzene ring substituents is 1. The van der Waals surface area contributed by atoms with Gasteiger partial charge in [0.2, 0.25) is 10.0 Å². The number of rotatable bonds is 5. The van der Waals surface area contributed by atoms with Crippen LogP contribution in [0.15, 0.2) is 23.1 Å². The van der Waals surface area contributed by atoms with Gasteiger partial charge in [0.1, 0.15) is 11.5 Å². The van der Waals surface area contributed by atoms with Crippen LogP contribution in [0.1, 0.15) is 46.0 Å². The van der Waals surface area contributed by atoms with Gasteiger partial charge >= 0.3 is 0 Å². The van der Waals surface area contributed by atoms with Gasteiger partial charge in [0.15, 0.2) is 0 Å². The number of nitrogens with zero attached hydrogens (tertiary/aromatic N) is 2. The number of ketones is 1. The van der Waals surface area contributed by atoms with Crippen LogP contribution in [0, 0.1) is 22.0 Å². The lowest BCUT2D eigenvalue weighted by Crippen LogP contribution is -2.40. The topological polar surface area (TPSA) is 110 Å². The van der Waals surface area contributed by atoms with E-state index in [1.165, 1.54) is 12.1 Å². The Morgan fingerprint density at radius 2 is 1.86 bits per heavy atom. The van der Waals surface area contributed by atoms with Crippen LogP contribution in [0.3, 0.4) is 0 Å². The predicted octanol–water partition coefficient (Wildman–Crippen LogP) is 2.87. The summed E-state index contributed by atoms with van der Waals surface area (Å²) in [5.74, 6) is 0.538. The van der Waals surface area contributed by atoms with Crippen LogP contribution in [0.25, 0.3) is 0 Å². The van der Waals surface area contributed by atoms with Gasteiger partial charge in [0.05, 0.1) is 9.82 Å². The molecule has 1 aromatic carbocycles. The smallest absolute Gasteiger partial charge is 0.293 e. The van der Waals surface area contributed by atoms with Crippen LogP contribution in [-0.2, 0) is 14.8 Å². The average Bonchev–Trinajstić information content (AvgIpc) is 2.65. The summed E-state index contributed by atoms with van der Waals surface area (Å²) in [6.07, 6.45) is 3.83. The predicted molar refractivity (Wildman–Crippen MR) is 106 cm³/mol. The van der Waals surface area contributed by atoms with Crippen molar-refractivity contribution in [3.05, 3.63) is 28.3 Å². The third-order valence-corrected chi connectivity index (χ3v) is 7.32. The maximum atomic E-state index is 12.7. The molecule has 3 rings (SSSR count). The molecule has 1 unspecified atom stereocenters. The summed E-state index contributed by atoms with van der Waals surface area (Å²) in [7, 11) is -3.83. The van der Waals surface area contributed by atoms with Crippen LogP contribution in [0.5, 0.6) is 0 Å². The van der Waals surface area contributed by atoms with Gasteiger partial charge < -0.3 is 4.90 Å². The molecule has 1 N–H and O–H groups in total. The van der Waals surface area contributed by atoms with Crippen molar-refractivity contribution in [3.8, 4) is 0 Å². The molecule has 2 aliphatic rings. The summed E-state index contributed by atoms with van der Waals surface area (Å²) < 4.78 is 28.2. The van der Waals surface area contributed by atoms with E-state index >= 15 is 0 Å². The Kier molecular flexibility index (Phi) is 6.04. The molecule has 1 saturated carbocycles. The summed E-state index contributed by atoms with van der Waals surface area (Å²) >= 11 is 0. The third kappa shape index (κ3) is 4.52. The largest absolute Gasteiger partial charge is 0.365 e. The van der Waals surface area contributed by atoms with Crippen molar-refractivity contribution in [2.75, 3.05) is 18.0 Å². The second-order valence-electron chi connectivity index (χ2n) is 8.05. The second kappa shape index (κ2) is 8.16. The SMILES string of the molecule is CC1CCC(NS(=O)(=O)c2ccc(N3CCC(=O)C(C)C3)c([N+](=O)[O-])c2)CC1. The molecule has 1 atom stereocenters. The number of hydrogen-bond donors (Lipinski definition) is 1. The molecule has 0 bridgehead atoms. The molecule has 28 heavy (non-hydrogen) atoms. The number of sulfonamides is 1. The first-order valence-corrected chi connectivity index (χ1v) is 11.2. The molecule has 154 valence electrons. The Morgan fingerprint density at radius 1 is 1.18 bits per heavy atom. The Labute approximate surface area is 165 Å². The molecule has 9 heteroatoms. The minimum absolute atomic E-state index is 0.0947. The molecule has 1 saturated heterocycles. The van der Waals surface area contributed by atoms with E-state index in [0.29, 0.717) is 31.1 Å². The summed E-state index contributed by atoms with van der Waals surface area (Å²) in [5.41, 5.74) is 0.108. The van der Waals surface area contributed by atoms with Gasteiger partial charge in [0, 0.05) is 37.5 Å². The van der Waals surface area contributed by atoms with Crippen LogP contribution in [0.2, 0.25) is 0 Å². The fraction of sp³-hybridized carbons (Fsp3) is 0.632. The van der Waals surface area contributed by atoms with Gasteiger partial charge in [-0.1, -0.05) is 13.8 Å². The van der Waals surface area contributed by atoms with E-state index in [-0.39, 0.29) is 28.3 Å². The van der Waals surface area contributed by atoms with E-state index in [1.54, 1.807) is 11.8 Å². The lowest BCUT2D eigenvalue weighted by atomic mass is 9.88. The highest BCUT2D eigenvalue weighted by molar-refractivity contribution is 7.89. The van der Waals surface area contributed by atoms with Crippen LogP contribution in [-0.4, -0.2) is 38.3 Å². The average molecular weight is 410 g/mol. The Bertz CT molecular complexity index is 862. The van der Waals surface area contributed by atoms with Crippen molar-refractivity contribution in [1.29, 1.82) is 0 Å². The first kappa shape index (κ1) is 20.7. The molecule has 2 fully saturated rings. The number of anilines is 1. The van der Waals surface area contributed by atoms with Gasteiger partial charge in [-0.15, -0.1) is 0 Å². The highest BCUT2D eigenvalue weighted by atomic mass is 32.2. The summed E-state index contributed by atoms with van der Waals surface area (Å²) in [4.78, 5) is 24.5. The number of carbonyl (C=O) groups is 1. The van der Waals surface area contributed by atoms with Crippen molar-refractivity contribution < 1.29 is 18.1 Å². The number of carbonyl (C=O) groups excluding carboxylic acids is 1. The zero-order chi connectivity index (χ0) is 20.5. The molecule has 1 aromatic rings. The molecule has 1 heterocycles. The van der Waals surface area contributed by atoms with Crippen molar-refractivity contribution in [2.45, 2.75) is 56.9 Å². The maximum Gasteiger partial charge on any atom is 0.293 e. The van der Waals surface area contributed by atoms with Crippen LogP contribution >= 0.6 is 0 Å². The molecule has 0 amide bonds. The van der Waals surface area contributed by atoms with Gasteiger partial charge in [0.25, 0.3) is 5.69 Å². The molecule has 0 aromatic heterocycles. The van der Waals surface area contributed by atoms with Crippen molar-refractivity contribution >= 4 is 27.2 Å². The highest BCUT2D eigenvalue weighted by Gasteiger charge is 2.30. The quantitative estimate of drug-likeness (QED) is 0.591. The number of nitrogens with one attached hydrogen (secondary N) is 1. The first-order valence-electron chi connectivity index (χ1n) is 9.76. The molecule has 0 radical (unpaired) electrons. The lowest BCUT2D eigenvalue weighted by molar-refractivity contribution is -0.384. The van der Waals surface area contributed by atoms with Crippen LogP contribution < -0.4 is 9.62 Å². The van der Waals surface area contributed by atoms with E-state index < -0.39 is 14.9 Å². The molecular formula is C19H27N3O5S. The third-order valence-electron chi connectivity index (χ3n) is 5.80. The van der Waals surface area contributed by atoms with Gasteiger partial charge in [-0.05, 0) is 43.7 Å². The number of hydrogen-bond acceptors (Lipinski definition) is 6. The Balaban J connectivity index is 1.84. The fourth-order valence-corrected chi connectivity index (χ4v) is 5.31. The summed E-state index contributed by atoms with van der Waals surface area (Å²) in [6.45, 7) is 4.74. The zero-order valence-electron chi connectivity index (χ0n) is 16.3. The number of nitro groups is 1. The minimum atomic E-state index is -3.83. The summed E-state index contributed by atoms with van der Waals surface area (Å²) in [6, 6.07) is 3.90. The summed E-state index contributed by atoms with van der Waals surface area (Å²) in [5, 5.41) is 11.6. The first-order chi connectivity index (χ1) is 13.2. The van der Waals surface area contributed by atoms with E-state index in [0.717, 1.165) is 31.7 Å². The molecule has 1 aliphatic carbocycles. The maximum absolute atomic E-state index is 12.7. The fourth-order valence-electron chi connectivity index (χ4n) is 3.98. The van der Waals surface area contributed by atoms with E-state index in [9.17, 15) is 23.3 Å². The monoisotopic (exact) mass is 409 g/mol. The molecular weight excluding hydrogens is 382 g/mol. The van der Waals surface area contributed by atoms with Gasteiger partial charge in [-0.3, -0.25) is 14.9 Å². The number of Topliss-reactive ketones (excluding diaryl/α,β-unsaturated/α-hetero) is 1. The Hall–Kier alpha value is -2.00.